The van der Waals surface area contributed by atoms with Gasteiger partial charge in [-0.3, -0.25) is 4.79 Å². The number of urea groups is 1. The van der Waals surface area contributed by atoms with Crippen molar-refractivity contribution in [1.82, 2.24) is 15.5 Å². The van der Waals surface area contributed by atoms with Gasteiger partial charge in [-0.05, 0) is 30.5 Å². The molecule has 0 bridgehead atoms. The average Bonchev–Trinajstić information content (AvgIpc) is 3.02. The molecule has 0 unspecified atom stereocenters. The van der Waals surface area contributed by atoms with Crippen molar-refractivity contribution >= 4 is 11.9 Å². The number of methoxy groups -OCH3 is 1. The number of hydrogen-bond donors (Lipinski definition) is 2. The fourth-order valence-electron chi connectivity index (χ4n) is 3.89. The van der Waals surface area contributed by atoms with Crippen LogP contribution in [-0.4, -0.2) is 50.1 Å². The Hall–Kier alpha value is -2.24. The monoisotopic (exact) mass is 345 g/mol. The molecule has 3 amide bonds. The highest BCUT2D eigenvalue weighted by Crippen LogP contribution is 2.41. The Morgan fingerprint density at radius 3 is 2.64 bits per heavy atom. The van der Waals surface area contributed by atoms with Gasteiger partial charge in [-0.1, -0.05) is 25.0 Å². The smallest absolute Gasteiger partial charge is 0.317 e. The lowest BCUT2D eigenvalue weighted by molar-refractivity contribution is -0.120. The summed E-state index contributed by atoms with van der Waals surface area (Å²) in [6.07, 6.45) is 4.91. The zero-order valence-corrected chi connectivity index (χ0v) is 14.8. The summed E-state index contributed by atoms with van der Waals surface area (Å²) >= 11 is 0. The minimum Gasteiger partial charge on any atom is -0.497 e. The number of carbonyl (C=O) groups excluding carboxylic acids is 2. The third-order valence-corrected chi connectivity index (χ3v) is 5.44. The van der Waals surface area contributed by atoms with Crippen molar-refractivity contribution in [1.29, 1.82) is 0 Å². The van der Waals surface area contributed by atoms with E-state index in [1.807, 2.05) is 12.1 Å². The molecule has 0 atom stereocenters. The average molecular weight is 345 g/mol. The van der Waals surface area contributed by atoms with Gasteiger partial charge in [0.2, 0.25) is 5.91 Å². The summed E-state index contributed by atoms with van der Waals surface area (Å²) in [6.45, 7) is 2.20. The molecule has 6 nitrogen and oxygen atoms in total. The van der Waals surface area contributed by atoms with Gasteiger partial charge in [0, 0.05) is 38.0 Å². The molecule has 2 N–H and O–H groups in total. The van der Waals surface area contributed by atoms with Crippen LogP contribution in [0.1, 0.15) is 37.7 Å². The van der Waals surface area contributed by atoms with Crippen LogP contribution in [0.15, 0.2) is 24.3 Å². The van der Waals surface area contributed by atoms with Gasteiger partial charge < -0.3 is 20.3 Å². The Balaban J connectivity index is 1.65. The van der Waals surface area contributed by atoms with E-state index in [-0.39, 0.29) is 17.4 Å². The lowest BCUT2D eigenvalue weighted by atomic mass is 9.79. The maximum absolute atomic E-state index is 12.5. The van der Waals surface area contributed by atoms with Gasteiger partial charge >= 0.3 is 6.03 Å². The van der Waals surface area contributed by atoms with Crippen molar-refractivity contribution in [3.63, 3.8) is 0 Å². The third kappa shape index (κ3) is 4.06. The van der Waals surface area contributed by atoms with Gasteiger partial charge in [-0.2, -0.15) is 0 Å². The predicted molar refractivity (Wildman–Crippen MR) is 95.7 cm³/mol. The van der Waals surface area contributed by atoms with Crippen LogP contribution in [0.3, 0.4) is 0 Å². The van der Waals surface area contributed by atoms with Gasteiger partial charge in [0.1, 0.15) is 5.75 Å². The molecule has 1 saturated heterocycles. The molecule has 136 valence electrons. The molecule has 0 aromatic heterocycles. The van der Waals surface area contributed by atoms with Crippen LogP contribution in [-0.2, 0) is 10.2 Å². The topological polar surface area (TPSA) is 70.7 Å². The molecule has 2 fully saturated rings. The van der Waals surface area contributed by atoms with Crippen LogP contribution in [0.5, 0.6) is 5.75 Å². The maximum atomic E-state index is 12.5. The second-order valence-corrected chi connectivity index (χ2v) is 6.96. The lowest BCUT2D eigenvalue weighted by Gasteiger charge is -2.31. The molecule has 6 heteroatoms. The number of hydrogen-bond acceptors (Lipinski definition) is 3. The maximum Gasteiger partial charge on any atom is 0.317 e. The molecule has 0 radical (unpaired) electrons. The molecule has 1 saturated carbocycles. The van der Waals surface area contributed by atoms with Crippen molar-refractivity contribution in [2.45, 2.75) is 37.5 Å². The van der Waals surface area contributed by atoms with Crippen LogP contribution < -0.4 is 15.4 Å². The van der Waals surface area contributed by atoms with Crippen molar-refractivity contribution in [2.24, 2.45) is 0 Å². The third-order valence-electron chi connectivity index (χ3n) is 5.44. The minimum absolute atomic E-state index is 0.00184. The van der Waals surface area contributed by atoms with Gasteiger partial charge in [-0.15, -0.1) is 0 Å². The van der Waals surface area contributed by atoms with E-state index in [0.717, 1.165) is 18.6 Å². The Morgan fingerprint density at radius 1 is 1.24 bits per heavy atom. The molecule has 1 aromatic carbocycles. The van der Waals surface area contributed by atoms with E-state index in [1.54, 1.807) is 12.0 Å². The van der Waals surface area contributed by atoms with E-state index in [2.05, 4.69) is 22.8 Å². The van der Waals surface area contributed by atoms with E-state index >= 15 is 0 Å². The highest BCUT2D eigenvalue weighted by Gasteiger charge is 2.36. The molecular weight excluding hydrogens is 318 g/mol. The van der Waals surface area contributed by atoms with E-state index < -0.39 is 0 Å². The minimum atomic E-state index is -0.0729. The van der Waals surface area contributed by atoms with Gasteiger partial charge in [-0.25, -0.2) is 4.79 Å². The Bertz CT molecular complexity index is 609. The Kier molecular flexibility index (Phi) is 5.46. The summed E-state index contributed by atoms with van der Waals surface area (Å²) in [7, 11) is 1.67. The summed E-state index contributed by atoms with van der Waals surface area (Å²) in [6, 6.07) is 8.14. The number of nitrogens with one attached hydrogen (secondary N) is 2. The second-order valence-electron chi connectivity index (χ2n) is 6.96. The predicted octanol–water partition coefficient (Wildman–Crippen LogP) is 2.04. The number of ether oxygens (including phenoxy) is 1. The first-order valence-electron chi connectivity index (χ1n) is 9.07. The van der Waals surface area contributed by atoms with Crippen molar-refractivity contribution in [2.75, 3.05) is 33.3 Å². The van der Waals surface area contributed by atoms with E-state index in [4.69, 9.17) is 4.74 Å². The first kappa shape index (κ1) is 17.6. The van der Waals surface area contributed by atoms with E-state index in [0.29, 0.717) is 32.6 Å². The summed E-state index contributed by atoms with van der Waals surface area (Å²) in [5, 5.41) is 5.92. The normalized spacial score (nSPS) is 19.9. The van der Waals surface area contributed by atoms with Crippen LogP contribution in [0.25, 0.3) is 0 Å². The Labute approximate surface area is 148 Å². The number of benzene rings is 1. The summed E-state index contributed by atoms with van der Waals surface area (Å²) in [4.78, 5) is 25.7. The van der Waals surface area contributed by atoms with E-state index in [1.165, 1.54) is 18.4 Å². The zero-order chi connectivity index (χ0) is 17.7. The number of carbonyl (C=O) groups is 2. The fourth-order valence-corrected chi connectivity index (χ4v) is 3.89. The van der Waals surface area contributed by atoms with Crippen molar-refractivity contribution in [3.05, 3.63) is 29.8 Å². The highest BCUT2D eigenvalue weighted by atomic mass is 16.5. The second kappa shape index (κ2) is 7.76. The highest BCUT2D eigenvalue weighted by molar-refractivity contribution is 5.79. The van der Waals surface area contributed by atoms with Crippen LogP contribution in [0, 0.1) is 0 Å². The van der Waals surface area contributed by atoms with Gasteiger partial charge in [0.25, 0.3) is 0 Å². The number of nitrogens with zero attached hydrogens (tertiary/aromatic N) is 1. The summed E-state index contributed by atoms with van der Waals surface area (Å²) in [5.41, 5.74) is 1.26. The van der Waals surface area contributed by atoms with Crippen LogP contribution >= 0.6 is 0 Å². The molecule has 0 spiro atoms. The van der Waals surface area contributed by atoms with Gasteiger partial charge in [0.15, 0.2) is 0 Å². The largest absolute Gasteiger partial charge is 0.497 e. The summed E-state index contributed by atoms with van der Waals surface area (Å²) < 4.78 is 5.25. The molecule has 3 rings (SSSR count). The van der Waals surface area contributed by atoms with Crippen molar-refractivity contribution in [3.8, 4) is 5.75 Å². The molecule has 1 heterocycles. The number of amides is 3. The Morgan fingerprint density at radius 2 is 1.96 bits per heavy atom. The zero-order valence-electron chi connectivity index (χ0n) is 14.8. The van der Waals surface area contributed by atoms with Crippen LogP contribution in [0.4, 0.5) is 4.79 Å². The van der Waals surface area contributed by atoms with Crippen molar-refractivity contribution < 1.29 is 14.3 Å². The van der Waals surface area contributed by atoms with E-state index in [9.17, 15) is 9.59 Å². The first-order chi connectivity index (χ1) is 12.1. The molecule has 25 heavy (non-hydrogen) atoms. The molecular formula is C19H27N3O3. The molecule has 1 aliphatic carbocycles. The molecule has 1 aromatic rings. The standard InChI is InChI=1S/C19H27N3O3/c1-25-16-6-4-15(5-7-16)19(9-2-3-10-19)14-21-18(24)22-12-8-17(23)20-11-13-22/h4-7H,2-3,8-14H2,1H3,(H,20,23)(H,21,24). The number of rotatable bonds is 4. The quantitative estimate of drug-likeness (QED) is 0.877. The molecule has 1 aliphatic heterocycles. The fraction of sp³-hybridized carbons (Fsp3) is 0.579. The molecule has 2 aliphatic rings. The first-order valence-corrected chi connectivity index (χ1v) is 9.07. The SMILES string of the molecule is COc1ccc(C2(CNC(=O)N3CCNC(=O)CC3)CCCC2)cc1. The lowest BCUT2D eigenvalue weighted by Crippen LogP contribution is -2.46. The van der Waals surface area contributed by atoms with Gasteiger partial charge in [0.05, 0.1) is 7.11 Å². The summed E-state index contributed by atoms with van der Waals surface area (Å²) in [5.74, 6) is 0.864. The van der Waals surface area contributed by atoms with Crippen LogP contribution in [0.2, 0.25) is 0 Å².